The summed E-state index contributed by atoms with van der Waals surface area (Å²) < 4.78 is 5.15. The van der Waals surface area contributed by atoms with E-state index in [0.29, 0.717) is 22.6 Å². The van der Waals surface area contributed by atoms with Gasteiger partial charge in [-0.05, 0) is 67.4 Å². The molecular weight excluding hydrogens is 352 g/mol. The molecule has 28 heavy (non-hydrogen) atoms. The maximum absolute atomic E-state index is 12.5. The van der Waals surface area contributed by atoms with Crippen LogP contribution in [0.5, 0.6) is 5.75 Å². The lowest BCUT2D eigenvalue weighted by molar-refractivity contribution is 0.101. The van der Waals surface area contributed by atoms with Crippen LogP contribution >= 0.6 is 0 Å². The molecule has 0 aliphatic carbocycles. The van der Waals surface area contributed by atoms with Crippen molar-refractivity contribution in [2.45, 2.75) is 13.8 Å². The molecule has 0 heterocycles. The summed E-state index contributed by atoms with van der Waals surface area (Å²) in [7, 11) is 1.57. The van der Waals surface area contributed by atoms with Crippen molar-refractivity contribution in [1.29, 1.82) is 0 Å². The van der Waals surface area contributed by atoms with E-state index in [1.54, 1.807) is 55.6 Å². The predicted molar refractivity (Wildman–Crippen MR) is 111 cm³/mol. The highest BCUT2D eigenvalue weighted by Gasteiger charge is 2.11. The Morgan fingerprint density at radius 3 is 2.04 bits per heavy atom. The molecule has 2 N–H and O–H groups in total. The van der Waals surface area contributed by atoms with E-state index in [9.17, 15) is 9.59 Å². The predicted octanol–water partition coefficient (Wildman–Crippen LogP) is 4.82. The summed E-state index contributed by atoms with van der Waals surface area (Å²) in [5, 5.41) is 5.73. The smallest absolute Gasteiger partial charge is 0.255 e. The highest BCUT2D eigenvalue weighted by molar-refractivity contribution is 6.07. The Bertz CT molecular complexity index is 1010. The third kappa shape index (κ3) is 4.38. The third-order valence-corrected chi connectivity index (χ3v) is 4.59. The van der Waals surface area contributed by atoms with E-state index >= 15 is 0 Å². The number of rotatable bonds is 5. The minimum absolute atomic E-state index is 0.214. The van der Waals surface area contributed by atoms with Gasteiger partial charge in [-0.2, -0.15) is 0 Å². The van der Waals surface area contributed by atoms with Crippen LogP contribution in [-0.2, 0) is 0 Å². The first-order valence-electron chi connectivity index (χ1n) is 8.91. The minimum Gasteiger partial charge on any atom is -0.497 e. The molecule has 0 aliphatic heterocycles. The summed E-state index contributed by atoms with van der Waals surface area (Å²) in [6.07, 6.45) is 0. The lowest BCUT2D eigenvalue weighted by Crippen LogP contribution is -2.15. The number of carbonyl (C=O) groups is 2. The minimum atomic E-state index is -0.255. The summed E-state index contributed by atoms with van der Waals surface area (Å²) in [5.41, 5.74) is 4.52. The maximum atomic E-state index is 12.5. The second-order valence-corrected chi connectivity index (χ2v) is 6.47. The first-order chi connectivity index (χ1) is 13.5. The van der Waals surface area contributed by atoms with Crippen molar-refractivity contribution < 1.29 is 14.3 Å². The molecule has 5 heteroatoms. The zero-order valence-corrected chi connectivity index (χ0v) is 16.1. The number of amides is 2. The standard InChI is InChI=1S/C23H22N2O3/c1-15-6-4-9-21(16(15)2)25-23(27)18-12-10-17(11-13-18)22(26)24-19-7-5-8-20(14-19)28-3/h4-14H,1-3H3,(H,24,26)(H,25,27). The molecule has 0 fully saturated rings. The number of nitrogens with one attached hydrogen (secondary N) is 2. The number of hydrogen-bond acceptors (Lipinski definition) is 3. The van der Waals surface area contributed by atoms with Crippen LogP contribution in [-0.4, -0.2) is 18.9 Å². The average Bonchev–Trinajstić information content (AvgIpc) is 2.71. The Morgan fingerprint density at radius 2 is 1.39 bits per heavy atom. The van der Waals surface area contributed by atoms with Crippen LogP contribution in [0, 0.1) is 13.8 Å². The molecule has 0 aromatic heterocycles. The number of aryl methyl sites for hydroxylation is 1. The zero-order chi connectivity index (χ0) is 20.1. The Hall–Kier alpha value is -3.60. The summed E-state index contributed by atoms with van der Waals surface area (Å²) in [6, 6.07) is 19.5. The van der Waals surface area contributed by atoms with Gasteiger partial charge in [0.1, 0.15) is 5.75 Å². The molecule has 3 rings (SSSR count). The summed E-state index contributed by atoms with van der Waals surface area (Å²) in [4.78, 5) is 24.9. The third-order valence-electron chi connectivity index (χ3n) is 4.59. The molecule has 0 saturated heterocycles. The molecule has 0 radical (unpaired) electrons. The molecule has 3 aromatic rings. The van der Waals surface area contributed by atoms with Crippen molar-refractivity contribution in [2.24, 2.45) is 0 Å². The highest BCUT2D eigenvalue weighted by Crippen LogP contribution is 2.20. The van der Waals surface area contributed by atoms with Crippen molar-refractivity contribution >= 4 is 23.2 Å². The van der Waals surface area contributed by atoms with Crippen molar-refractivity contribution in [3.05, 3.63) is 89.0 Å². The van der Waals surface area contributed by atoms with Gasteiger partial charge < -0.3 is 15.4 Å². The van der Waals surface area contributed by atoms with E-state index in [2.05, 4.69) is 10.6 Å². The Balaban J connectivity index is 1.69. The van der Waals surface area contributed by atoms with Gasteiger partial charge in [-0.15, -0.1) is 0 Å². The van der Waals surface area contributed by atoms with Crippen LogP contribution in [0.1, 0.15) is 31.8 Å². The molecule has 0 unspecified atom stereocenters. The highest BCUT2D eigenvalue weighted by atomic mass is 16.5. The van der Waals surface area contributed by atoms with E-state index in [4.69, 9.17) is 4.74 Å². The molecule has 0 saturated carbocycles. The van der Waals surface area contributed by atoms with Crippen LogP contribution < -0.4 is 15.4 Å². The SMILES string of the molecule is COc1cccc(NC(=O)c2ccc(C(=O)Nc3cccc(C)c3C)cc2)c1. The lowest BCUT2D eigenvalue weighted by atomic mass is 10.1. The number of methoxy groups -OCH3 is 1. The number of hydrogen-bond donors (Lipinski definition) is 2. The second kappa shape index (κ2) is 8.39. The fraction of sp³-hybridized carbons (Fsp3) is 0.130. The van der Waals surface area contributed by atoms with E-state index in [1.807, 2.05) is 32.0 Å². The average molecular weight is 374 g/mol. The normalized spacial score (nSPS) is 10.2. The first kappa shape index (κ1) is 19.2. The van der Waals surface area contributed by atoms with Crippen LogP contribution in [0.15, 0.2) is 66.7 Å². The fourth-order valence-electron chi connectivity index (χ4n) is 2.76. The van der Waals surface area contributed by atoms with Crippen LogP contribution in [0.2, 0.25) is 0 Å². The van der Waals surface area contributed by atoms with Crippen LogP contribution in [0.25, 0.3) is 0 Å². The van der Waals surface area contributed by atoms with E-state index in [1.165, 1.54) is 0 Å². The maximum Gasteiger partial charge on any atom is 0.255 e. The molecular formula is C23H22N2O3. The van der Waals surface area contributed by atoms with Crippen LogP contribution in [0.4, 0.5) is 11.4 Å². The van der Waals surface area contributed by atoms with Crippen LogP contribution in [0.3, 0.4) is 0 Å². The van der Waals surface area contributed by atoms with Gasteiger partial charge in [-0.1, -0.05) is 18.2 Å². The fourth-order valence-corrected chi connectivity index (χ4v) is 2.76. The van der Waals surface area contributed by atoms with Crippen molar-refractivity contribution in [1.82, 2.24) is 0 Å². The zero-order valence-electron chi connectivity index (χ0n) is 16.1. The summed E-state index contributed by atoms with van der Waals surface area (Å²) in [5.74, 6) is 0.194. The molecule has 0 bridgehead atoms. The molecule has 0 atom stereocenters. The molecule has 0 spiro atoms. The van der Waals surface area contributed by atoms with Gasteiger partial charge >= 0.3 is 0 Å². The Morgan fingerprint density at radius 1 is 0.786 bits per heavy atom. The van der Waals surface area contributed by atoms with Gasteiger partial charge in [0.05, 0.1) is 7.11 Å². The van der Waals surface area contributed by atoms with E-state index in [0.717, 1.165) is 16.8 Å². The largest absolute Gasteiger partial charge is 0.497 e. The summed E-state index contributed by atoms with van der Waals surface area (Å²) >= 11 is 0. The lowest BCUT2D eigenvalue weighted by Gasteiger charge is -2.11. The second-order valence-electron chi connectivity index (χ2n) is 6.47. The molecule has 2 amide bonds. The molecule has 3 aromatic carbocycles. The monoisotopic (exact) mass is 374 g/mol. The Kier molecular flexibility index (Phi) is 5.75. The summed E-state index contributed by atoms with van der Waals surface area (Å²) in [6.45, 7) is 3.97. The number of benzene rings is 3. The van der Waals surface area contributed by atoms with Crippen molar-refractivity contribution in [3.63, 3.8) is 0 Å². The number of carbonyl (C=O) groups excluding carboxylic acids is 2. The molecule has 142 valence electrons. The van der Waals surface area contributed by atoms with Gasteiger partial charge in [-0.3, -0.25) is 9.59 Å². The molecule has 5 nitrogen and oxygen atoms in total. The topological polar surface area (TPSA) is 67.4 Å². The number of ether oxygens (including phenoxy) is 1. The van der Waals surface area contributed by atoms with E-state index < -0.39 is 0 Å². The van der Waals surface area contributed by atoms with E-state index in [-0.39, 0.29) is 11.8 Å². The van der Waals surface area contributed by atoms with Gasteiger partial charge in [0.2, 0.25) is 0 Å². The van der Waals surface area contributed by atoms with Crippen molar-refractivity contribution in [3.8, 4) is 5.75 Å². The Labute approximate surface area is 164 Å². The first-order valence-corrected chi connectivity index (χ1v) is 8.91. The van der Waals surface area contributed by atoms with Gasteiger partial charge in [0.25, 0.3) is 11.8 Å². The molecule has 0 aliphatic rings. The quantitative estimate of drug-likeness (QED) is 0.673. The number of anilines is 2. The van der Waals surface area contributed by atoms with Gasteiger partial charge in [0, 0.05) is 28.6 Å². The van der Waals surface area contributed by atoms with Gasteiger partial charge in [0.15, 0.2) is 0 Å². The van der Waals surface area contributed by atoms with Gasteiger partial charge in [-0.25, -0.2) is 0 Å². The van der Waals surface area contributed by atoms with Crippen molar-refractivity contribution in [2.75, 3.05) is 17.7 Å².